The topological polar surface area (TPSA) is 50.4 Å². The van der Waals surface area contributed by atoms with Gasteiger partial charge in [-0.25, -0.2) is 9.18 Å². The van der Waals surface area contributed by atoms with Crippen LogP contribution in [-0.2, 0) is 11.2 Å². The second kappa shape index (κ2) is 6.11. The van der Waals surface area contributed by atoms with Crippen molar-refractivity contribution in [1.82, 2.24) is 10.6 Å². The third-order valence-corrected chi connectivity index (χ3v) is 4.51. The second-order valence-electron chi connectivity index (χ2n) is 7.58. The number of hydrogen-bond donors (Lipinski definition) is 2. The molecule has 0 heterocycles. The first-order valence-electron chi connectivity index (χ1n) is 8.34. The summed E-state index contributed by atoms with van der Waals surface area (Å²) in [5.41, 5.74) is 1.48. The Morgan fingerprint density at radius 1 is 1.26 bits per heavy atom. The van der Waals surface area contributed by atoms with E-state index in [2.05, 4.69) is 10.6 Å². The third-order valence-electron chi connectivity index (χ3n) is 4.51. The van der Waals surface area contributed by atoms with Gasteiger partial charge in [0.25, 0.3) is 0 Å². The molecule has 4 nitrogen and oxygen atoms in total. The predicted octanol–water partition coefficient (Wildman–Crippen LogP) is 3.46. The quantitative estimate of drug-likeness (QED) is 0.897. The van der Waals surface area contributed by atoms with Crippen molar-refractivity contribution >= 4 is 6.09 Å². The number of halogens is 1. The molecule has 1 atom stereocenters. The molecule has 0 aliphatic heterocycles. The van der Waals surface area contributed by atoms with Crippen LogP contribution in [0, 0.1) is 5.82 Å². The zero-order valence-electron chi connectivity index (χ0n) is 14.0. The van der Waals surface area contributed by atoms with Crippen molar-refractivity contribution in [1.29, 1.82) is 0 Å². The van der Waals surface area contributed by atoms with E-state index in [1.807, 2.05) is 26.8 Å². The van der Waals surface area contributed by atoms with Gasteiger partial charge in [-0.3, -0.25) is 0 Å². The Bertz CT molecular complexity index is 591. The molecule has 2 N–H and O–H groups in total. The van der Waals surface area contributed by atoms with Crippen LogP contribution in [0.4, 0.5) is 9.18 Å². The van der Waals surface area contributed by atoms with E-state index in [4.69, 9.17) is 4.74 Å². The molecule has 0 saturated heterocycles. The minimum Gasteiger partial charge on any atom is -0.444 e. The minimum atomic E-state index is -0.469. The highest BCUT2D eigenvalue weighted by molar-refractivity contribution is 5.68. The lowest BCUT2D eigenvalue weighted by Crippen LogP contribution is -2.53. The number of ether oxygens (including phenoxy) is 1. The summed E-state index contributed by atoms with van der Waals surface area (Å²) in [5, 5.41) is 6.49. The molecule has 126 valence electrons. The van der Waals surface area contributed by atoms with Crippen LogP contribution in [0.2, 0.25) is 0 Å². The maximum Gasteiger partial charge on any atom is 0.407 e. The van der Waals surface area contributed by atoms with E-state index >= 15 is 0 Å². The first-order chi connectivity index (χ1) is 10.8. The van der Waals surface area contributed by atoms with E-state index in [1.165, 1.54) is 6.07 Å². The van der Waals surface area contributed by atoms with Crippen LogP contribution in [0.5, 0.6) is 0 Å². The molecular weight excluding hydrogens is 295 g/mol. The summed E-state index contributed by atoms with van der Waals surface area (Å²) in [6.07, 6.45) is 3.16. The molecule has 5 heteroatoms. The fraction of sp³-hybridized carbons (Fsp3) is 0.611. The van der Waals surface area contributed by atoms with Gasteiger partial charge in [-0.2, -0.15) is 0 Å². The Labute approximate surface area is 136 Å². The lowest BCUT2D eigenvalue weighted by atomic mass is 9.86. The Kier molecular flexibility index (Phi) is 4.32. The molecule has 1 unspecified atom stereocenters. The van der Waals surface area contributed by atoms with E-state index in [0.717, 1.165) is 36.8 Å². The largest absolute Gasteiger partial charge is 0.444 e. The number of carbonyl (C=O) groups excluding carboxylic acids is 1. The van der Waals surface area contributed by atoms with Gasteiger partial charge in [0.1, 0.15) is 11.4 Å². The minimum absolute atomic E-state index is 0.0927. The number of benzene rings is 1. The van der Waals surface area contributed by atoms with Crippen LogP contribution in [0.15, 0.2) is 18.2 Å². The van der Waals surface area contributed by atoms with Crippen molar-refractivity contribution in [3.05, 3.63) is 35.1 Å². The van der Waals surface area contributed by atoms with Crippen molar-refractivity contribution < 1.29 is 13.9 Å². The molecule has 23 heavy (non-hydrogen) atoms. The predicted molar refractivity (Wildman–Crippen MR) is 86.8 cm³/mol. The number of carbonyl (C=O) groups is 1. The Hall–Kier alpha value is -1.62. The standard InChI is InChI=1S/C18H25FN2O2/c1-18(2,3)23-17(22)21-12-9-11(10-12)20-16-8-7-13-14(16)5-4-6-15(13)19/h4-6,11-12,16,20H,7-10H2,1-3H3,(H,21,22). The molecule has 1 fully saturated rings. The SMILES string of the molecule is CC(C)(C)OC(=O)NC1CC(NC2CCc3c(F)cccc32)C1. The van der Waals surface area contributed by atoms with Crippen LogP contribution in [0.1, 0.15) is 57.2 Å². The molecule has 2 aliphatic carbocycles. The van der Waals surface area contributed by atoms with Gasteiger partial charge in [0.05, 0.1) is 0 Å². The molecule has 0 radical (unpaired) electrons. The van der Waals surface area contributed by atoms with E-state index in [1.54, 1.807) is 6.07 Å². The second-order valence-corrected chi connectivity index (χ2v) is 7.58. The molecule has 1 saturated carbocycles. The van der Waals surface area contributed by atoms with E-state index in [-0.39, 0.29) is 24.0 Å². The maximum atomic E-state index is 13.7. The van der Waals surface area contributed by atoms with E-state index < -0.39 is 5.60 Å². The highest BCUT2D eigenvalue weighted by Crippen LogP contribution is 2.35. The molecular formula is C18H25FN2O2. The van der Waals surface area contributed by atoms with Gasteiger partial charge in [0, 0.05) is 18.1 Å². The maximum absolute atomic E-state index is 13.7. The van der Waals surface area contributed by atoms with E-state index in [9.17, 15) is 9.18 Å². The van der Waals surface area contributed by atoms with Gasteiger partial charge in [0.2, 0.25) is 0 Å². The van der Waals surface area contributed by atoms with Crippen LogP contribution in [0.25, 0.3) is 0 Å². The summed E-state index contributed by atoms with van der Waals surface area (Å²) < 4.78 is 19.0. The van der Waals surface area contributed by atoms with Crippen molar-refractivity contribution in [2.45, 2.75) is 70.2 Å². The van der Waals surface area contributed by atoms with Gasteiger partial charge in [-0.15, -0.1) is 0 Å². The lowest BCUT2D eigenvalue weighted by molar-refractivity contribution is 0.0463. The van der Waals surface area contributed by atoms with Gasteiger partial charge in [-0.05, 0) is 63.6 Å². The number of alkyl carbamates (subject to hydrolysis) is 1. The molecule has 0 aromatic heterocycles. The van der Waals surface area contributed by atoms with E-state index in [0.29, 0.717) is 6.04 Å². The van der Waals surface area contributed by atoms with Crippen LogP contribution < -0.4 is 10.6 Å². The van der Waals surface area contributed by atoms with Crippen molar-refractivity contribution in [3.8, 4) is 0 Å². The third kappa shape index (κ3) is 3.83. The number of nitrogens with one attached hydrogen (secondary N) is 2. The summed E-state index contributed by atoms with van der Waals surface area (Å²) in [5.74, 6) is -0.0927. The molecule has 1 aromatic rings. The van der Waals surface area contributed by atoms with Gasteiger partial charge < -0.3 is 15.4 Å². The highest BCUT2D eigenvalue weighted by Gasteiger charge is 2.35. The fourth-order valence-electron chi connectivity index (χ4n) is 3.41. The summed E-state index contributed by atoms with van der Waals surface area (Å²) in [6.45, 7) is 5.57. The van der Waals surface area contributed by atoms with Gasteiger partial charge in [-0.1, -0.05) is 12.1 Å². The summed E-state index contributed by atoms with van der Waals surface area (Å²) in [4.78, 5) is 11.7. The molecule has 2 aliphatic rings. The molecule has 3 rings (SSSR count). The number of fused-ring (bicyclic) bond motifs is 1. The average molecular weight is 320 g/mol. The number of hydrogen-bond acceptors (Lipinski definition) is 3. The summed E-state index contributed by atoms with van der Waals surface area (Å²) in [6, 6.07) is 6.09. The number of amides is 1. The normalized spacial score (nSPS) is 26.3. The first kappa shape index (κ1) is 16.2. The van der Waals surface area contributed by atoms with Crippen molar-refractivity contribution in [3.63, 3.8) is 0 Å². The van der Waals surface area contributed by atoms with Crippen molar-refractivity contribution in [2.24, 2.45) is 0 Å². The average Bonchev–Trinajstić information content (AvgIpc) is 2.79. The fourth-order valence-corrected chi connectivity index (χ4v) is 3.41. The Balaban J connectivity index is 1.45. The first-order valence-corrected chi connectivity index (χ1v) is 8.34. The highest BCUT2D eigenvalue weighted by atomic mass is 19.1. The zero-order chi connectivity index (χ0) is 16.6. The molecule has 1 amide bonds. The zero-order valence-corrected chi connectivity index (χ0v) is 14.0. The van der Waals surface area contributed by atoms with Crippen LogP contribution in [0.3, 0.4) is 0 Å². The van der Waals surface area contributed by atoms with Gasteiger partial charge >= 0.3 is 6.09 Å². The monoisotopic (exact) mass is 320 g/mol. The smallest absolute Gasteiger partial charge is 0.407 e. The Morgan fingerprint density at radius 3 is 2.70 bits per heavy atom. The number of rotatable bonds is 3. The van der Waals surface area contributed by atoms with Gasteiger partial charge in [0.15, 0.2) is 0 Å². The molecule has 0 spiro atoms. The molecule has 1 aromatic carbocycles. The van der Waals surface area contributed by atoms with Crippen LogP contribution >= 0.6 is 0 Å². The lowest BCUT2D eigenvalue weighted by Gasteiger charge is -2.38. The summed E-state index contributed by atoms with van der Waals surface area (Å²) >= 11 is 0. The summed E-state index contributed by atoms with van der Waals surface area (Å²) in [7, 11) is 0. The Morgan fingerprint density at radius 2 is 2.00 bits per heavy atom. The molecule has 0 bridgehead atoms. The van der Waals surface area contributed by atoms with Crippen molar-refractivity contribution in [2.75, 3.05) is 0 Å². The van der Waals surface area contributed by atoms with Crippen LogP contribution in [-0.4, -0.2) is 23.8 Å².